The standard InChI is InChI=1S/C9H14ClN3O2/c1-12-4-7(14)8(15)6-3-2-5(11)9(10)13-6/h2-3,7-8,12,14-15H,4,11H2,1H3. The van der Waals surface area contributed by atoms with Gasteiger partial charge in [-0.3, -0.25) is 0 Å². The fourth-order valence-corrected chi connectivity index (χ4v) is 1.30. The number of anilines is 1. The van der Waals surface area contributed by atoms with Gasteiger partial charge in [0.25, 0.3) is 0 Å². The average Bonchev–Trinajstić information content (AvgIpc) is 2.21. The molecule has 2 unspecified atom stereocenters. The van der Waals surface area contributed by atoms with Crippen molar-refractivity contribution in [3.8, 4) is 0 Å². The summed E-state index contributed by atoms with van der Waals surface area (Å²) in [5.74, 6) is 0. The minimum atomic E-state index is -1.07. The molecule has 5 N–H and O–H groups in total. The Morgan fingerprint density at radius 2 is 2.20 bits per heavy atom. The number of pyridine rings is 1. The first kappa shape index (κ1) is 12.2. The lowest BCUT2D eigenvalue weighted by Gasteiger charge is -2.17. The van der Waals surface area contributed by atoms with Crippen molar-refractivity contribution in [1.82, 2.24) is 10.3 Å². The van der Waals surface area contributed by atoms with Gasteiger partial charge in [-0.1, -0.05) is 11.6 Å². The predicted octanol–water partition coefficient (Wildman–Crippen LogP) is -0.0691. The quantitative estimate of drug-likeness (QED) is 0.545. The summed E-state index contributed by atoms with van der Waals surface area (Å²) in [4.78, 5) is 3.88. The molecule has 0 amide bonds. The normalized spacial score (nSPS) is 14.9. The van der Waals surface area contributed by atoms with Crippen molar-refractivity contribution < 1.29 is 10.2 Å². The van der Waals surface area contributed by atoms with E-state index in [1.165, 1.54) is 6.07 Å². The van der Waals surface area contributed by atoms with E-state index in [4.69, 9.17) is 17.3 Å². The Labute approximate surface area is 92.9 Å². The number of hydrogen-bond acceptors (Lipinski definition) is 5. The molecule has 15 heavy (non-hydrogen) atoms. The van der Waals surface area contributed by atoms with Gasteiger partial charge < -0.3 is 21.3 Å². The van der Waals surface area contributed by atoms with E-state index >= 15 is 0 Å². The van der Waals surface area contributed by atoms with Crippen molar-refractivity contribution in [3.63, 3.8) is 0 Å². The highest BCUT2D eigenvalue weighted by Crippen LogP contribution is 2.21. The van der Waals surface area contributed by atoms with Crippen molar-refractivity contribution in [2.75, 3.05) is 19.3 Å². The molecule has 0 aliphatic rings. The molecule has 0 radical (unpaired) electrons. The minimum Gasteiger partial charge on any atom is -0.396 e. The monoisotopic (exact) mass is 231 g/mol. The topological polar surface area (TPSA) is 91.4 Å². The van der Waals surface area contributed by atoms with Crippen LogP contribution < -0.4 is 11.1 Å². The molecule has 0 bridgehead atoms. The number of aliphatic hydroxyl groups excluding tert-OH is 2. The first-order valence-corrected chi connectivity index (χ1v) is 4.86. The van der Waals surface area contributed by atoms with E-state index in [0.29, 0.717) is 11.4 Å². The molecular formula is C9H14ClN3O2. The molecule has 0 spiro atoms. The Kier molecular flexibility index (Phi) is 4.28. The summed E-state index contributed by atoms with van der Waals surface area (Å²) >= 11 is 5.70. The zero-order valence-electron chi connectivity index (χ0n) is 8.31. The Hall–Kier alpha value is -0.880. The van der Waals surface area contributed by atoms with Gasteiger partial charge in [0, 0.05) is 6.54 Å². The van der Waals surface area contributed by atoms with Gasteiger partial charge >= 0.3 is 0 Å². The molecule has 1 rings (SSSR count). The van der Waals surface area contributed by atoms with Gasteiger partial charge in [0.15, 0.2) is 5.15 Å². The second-order valence-electron chi connectivity index (χ2n) is 3.19. The molecule has 0 saturated heterocycles. The fraction of sp³-hybridized carbons (Fsp3) is 0.444. The van der Waals surface area contributed by atoms with Gasteiger partial charge in [-0.2, -0.15) is 0 Å². The summed E-state index contributed by atoms with van der Waals surface area (Å²) in [5, 5.41) is 22.1. The maximum atomic E-state index is 9.68. The van der Waals surface area contributed by atoms with E-state index in [1.807, 2.05) is 0 Å². The lowest BCUT2D eigenvalue weighted by molar-refractivity contribution is 0.0177. The third-order valence-corrected chi connectivity index (χ3v) is 2.28. The number of nitrogens with two attached hydrogens (primary N) is 1. The van der Waals surface area contributed by atoms with Crippen LogP contribution in [0.25, 0.3) is 0 Å². The Morgan fingerprint density at radius 1 is 1.53 bits per heavy atom. The summed E-state index contributed by atoms with van der Waals surface area (Å²) in [7, 11) is 1.68. The molecule has 0 saturated carbocycles. The number of hydrogen-bond donors (Lipinski definition) is 4. The van der Waals surface area contributed by atoms with Crippen LogP contribution in [0.1, 0.15) is 11.8 Å². The number of likely N-dealkylation sites (N-methyl/N-ethyl adjacent to an activating group) is 1. The molecule has 0 aromatic carbocycles. The van der Waals surface area contributed by atoms with Crippen LogP contribution in [0.5, 0.6) is 0 Å². The smallest absolute Gasteiger partial charge is 0.152 e. The van der Waals surface area contributed by atoms with Crippen molar-refractivity contribution in [2.45, 2.75) is 12.2 Å². The van der Waals surface area contributed by atoms with Crippen LogP contribution in [0.3, 0.4) is 0 Å². The van der Waals surface area contributed by atoms with Gasteiger partial charge in [0.1, 0.15) is 6.10 Å². The lowest BCUT2D eigenvalue weighted by Crippen LogP contribution is -2.30. The highest BCUT2D eigenvalue weighted by molar-refractivity contribution is 6.31. The number of nitrogens with one attached hydrogen (secondary N) is 1. The molecule has 0 aliphatic carbocycles. The van der Waals surface area contributed by atoms with E-state index in [-0.39, 0.29) is 11.7 Å². The first-order chi connectivity index (χ1) is 7.06. The number of halogens is 1. The van der Waals surface area contributed by atoms with Crippen LogP contribution >= 0.6 is 11.6 Å². The molecular weight excluding hydrogens is 218 g/mol. The number of nitrogen functional groups attached to an aromatic ring is 1. The summed E-state index contributed by atoms with van der Waals surface area (Å²) < 4.78 is 0. The van der Waals surface area contributed by atoms with E-state index in [2.05, 4.69) is 10.3 Å². The molecule has 1 heterocycles. The van der Waals surface area contributed by atoms with Crippen LogP contribution in [0.2, 0.25) is 5.15 Å². The number of aromatic nitrogens is 1. The largest absolute Gasteiger partial charge is 0.396 e. The highest BCUT2D eigenvalue weighted by Gasteiger charge is 2.19. The number of rotatable bonds is 4. The Balaban J connectivity index is 2.81. The number of aliphatic hydroxyl groups is 2. The Morgan fingerprint density at radius 3 is 2.73 bits per heavy atom. The summed E-state index contributed by atoms with van der Waals surface area (Å²) in [6.45, 7) is 0.269. The molecule has 0 aliphatic heterocycles. The third-order valence-electron chi connectivity index (χ3n) is 1.98. The van der Waals surface area contributed by atoms with E-state index in [9.17, 15) is 10.2 Å². The number of nitrogens with zero attached hydrogens (tertiary/aromatic N) is 1. The maximum Gasteiger partial charge on any atom is 0.152 e. The molecule has 1 aromatic rings. The molecule has 1 aromatic heterocycles. The maximum absolute atomic E-state index is 9.68. The minimum absolute atomic E-state index is 0.128. The van der Waals surface area contributed by atoms with Crippen LogP contribution in [0.4, 0.5) is 5.69 Å². The van der Waals surface area contributed by atoms with Crippen molar-refractivity contribution >= 4 is 17.3 Å². The second-order valence-corrected chi connectivity index (χ2v) is 3.54. The van der Waals surface area contributed by atoms with E-state index in [0.717, 1.165) is 0 Å². The van der Waals surface area contributed by atoms with E-state index < -0.39 is 12.2 Å². The van der Waals surface area contributed by atoms with Gasteiger partial charge in [-0.05, 0) is 19.2 Å². The predicted molar refractivity (Wildman–Crippen MR) is 58.6 cm³/mol. The SMILES string of the molecule is CNCC(O)C(O)c1ccc(N)c(Cl)n1. The molecule has 6 heteroatoms. The van der Waals surface area contributed by atoms with Crippen LogP contribution in [-0.2, 0) is 0 Å². The molecule has 5 nitrogen and oxygen atoms in total. The third kappa shape index (κ3) is 3.04. The van der Waals surface area contributed by atoms with E-state index in [1.54, 1.807) is 13.1 Å². The zero-order chi connectivity index (χ0) is 11.4. The van der Waals surface area contributed by atoms with Gasteiger partial charge in [-0.25, -0.2) is 4.98 Å². The molecule has 0 fully saturated rings. The van der Waals surface area contributed by atoms with Gasteiger partial charge in [0.05, 0.1) is 17.5 Å². The summed E-state index contributed by atoms with van der Waals surface area (Å²) in [6, 6.07) is 3.07. The van der Waals surface area contributed by atoms with Crippen LogP contribution in [0.15, 0.2) is 12.1 Å². The van der Waals surface area contributed by atoms with Crippen LogP contribution in [0, 0.1) is 0 Å². The van der Waals surface area contributed by atoms with Gasteiger partial charge in [-0.15, -0.1) is 0 Å². The first-order valence-electron chi connectivity index (χ1n) is 4.49. The van der Waals surface area contributed by atoms with Crippen molar-refractivity contribution in [3.05, 3.63) is 23.0 Å². The summed E-state index contributed by atoms with van der Waals surface area (Å²) in [5.41, 5.74) is 6.12. The second kappa shape index (κ2) is 5.27. The molecule has 2 atom stereocenters. The average molecular weight is 232 g/mol. The molecule has 84 valence electrons. The highest BCUT2D eigenvalue weighted by atomic mass is 35.5. The zero-order valence-corrected chi connectivity index (χ0v) is 9.07. The summed E-state index contributed by atoms with van der Waals surface area (Å²) in [6.07, 6.45) is -2.00. The van der Waals surface area contributed by atoms with Crippen molar-refractivity contribution in [1.29, 1.82) is 0 Å². The van der Waals surface area contributed by atoms with Crippen molar-refractivity contribution in [2.24, 2.45) is 0 Å². The fourth-order valence-electron chi connectivity index (χ4n) is 1.14. The Bertz CT molecular complexity index is 335. The van der Waals surface area contributed by atoms with Crippen LogP contribution in [-0.4, -0.2) is 34.9 Å². The lowest BCUT2D eigenvalue weighted by atomic mass is 10.1. The van der Waals surface area contributed by atoms with Gasteiger partial charge in [0.2, 0.25) is 0 Å².